The van der Waals surface area contributed by atoms with Crippen molar-refractivity contribution in [2.24, 2.45) is 5.92 Å². The Labute approximate surface area is 149 Å². The highest BCUT2D eigenvalue weighted by molar-refractivity contribution is 5.53. The summed E-state index contributed by atoms with van der Waals surface area (Å²) in [5.41, 5.74) is 1.61. The second-order valence-corrected chi connectivity index (χ2v) is 6.75. The Balaban J connectivity index is 1.63. The number of H-pyrrole nitrogens is 1. The topological polar surface area (TPSA) is 77.2 Å². The quantitative estimate of drug-likeness (QED) is 0.740. The van der Waals surface area contributed by atoms with Crippen LogP contribution >= 0.6 is 0 Å². The van der Waals surface area contributed by atoms with Gasteiger partial charge in [-0.15, -0.1) is 0 Å². The van der Waals surface area contributed by atoms with Gasteiger partial charge >= 0.3 is 0 Å². The normalized spacial score (nSPS) is 14.0. The molecule has 0 saturated heterocycles. The summed E-state index contributed by atoms with van der Waals surface area (Å²) in [6.07, 6.45) is 3.83. The SMILES string of the molecule is N#Cc1c[nH]n2c(=O)cc(CN(Cc3ccccc3F)CC3CC3)nc12. The van der Waals surface area contributed by atoms with Gasteiger partial charge in [-0.3, -0.25) is 14.8 Å². The van der Waals surface area contributed by atoms with Crippen molar-refractivity contribution in [1.82, 2.24) is 19.5 Å². The van der Waals surface area contributed by atoms with E-state index in [1.807, 2.05) is 12.1 Å². The number of fused-ring (bicyclic) bond motifs is 1. The van der Waals surface area contributed by atoms with Gasteiger partial charge in [0.15, 0.2) is 5.65 Å². The molecule has 1 N–H and O–H groups in total. The van der Waals surface area contributed by atoms with Crippen LogP contribution in [0.5, 0.6) is 0 Å². The zero-order valence-electron chi connectivity index (χ0n) is 14.2. The maximum Gasteiger partial charge on any atom is 0.272 e. The summed E-state index contributed by atoms with van der Waals surface area (Å²) in [7, 11) is 0. The first-order chi connectivity index (χ1) is 12.6. The number of hydrogen-bond donors (Lipinski definition) is 1. The standard InChI is InChI=1S/C19H18FN5O/c20-17-4-2-1-3-14(17)11-24(10-13-5-6-13)12-16-7-18(26)25-19(23-16)15(8-21)9-22-25/h1-4,7,9,13,22H,5-6,10-12H2. The third-order valence-electron chi connectivity index (χ3n) is 4.62. The van der Waals surface area contributed by atoms with Crippen molar-refractivity contribution in [3.63, 3.8) is 0 Å². The summed E-state index contributed by atoms with van der Waals surface area (Å²) >= 11 is 0. The number of halogens is 1. The van der Waals surface area contributed by atoms with Crippen LogP contribution in [0.2, 0.25) is 0 Å². The maximum absolute atomic E-state index is 14.0. The van der Waals surface area contributed by atoms with Crippen molar-refractivity contribution in [2.45, 2.75) is 25.9 Å². The molecule has 2 aromatic heterocycles. The van der Waals surface area contributed by atoms with Gasteiger partial charge in [-0.1, -0.05) is 18.2 Å². The molecule has 0 spiro atoms. The van der Waals surface area contributed by atoms with Crippen LogP contribution in [0.15, 0.2) is 41.3 Å². The van der Waals surface area contributed by atoms with Crippen LogP contribution < -0.4 is 5.56 Å². The fraction of sp³-hybridized carbons (Fsp3) is 0.316. The van der Waals surface area contributed by atoms with E-state index in [4.69, 9.17) is 5.26 Å². The molecule has 1 aromatic carbocycles. The van der Waals surface area contributed by atoms with E-state index in [9.17, 15) is 9.18 Å². The minimum atomic E-state index is -0.260. The molecule has 2 heterocycles. The van der Waals surface area contributed by atoms with Crippen molar-refractivity contribution in [3.8, 4) is 6.07 Å². The maximum atomic E-state index is 14.0. The molecular weight excluding hydrogens is 333 g/mol. The van der Waals surface area contributed by atoms with Gasteiger partial charge in [0.05, 0.1) is 5.69 Å². The van der Waals surface area contributed by atoms with Crippen molar-refractivity contribution < 1.29 is 4.39 Å². The van der Waals surface area contributed by atoms with Gasteiger partial charge in [0.1, 0.15) is 17.4 Å². The number of nitrogens with one attached hydrogen (secondary N) is 1. The molecular formula is C19H18FN5O. The van der Waals surface area contributed by atoms with Gasteiger partial charge in [-0.25, -0.2) is 13.9 Å². The van der Waals surface area contributed by atoms with E-state index in [1.165, 1.54) is 35.7 Å². The van der Waals surface area contributed by atoms with Crippen LogP contribution in [0.3, 0.4) is 0 Å². The monoisotopic (exact) mass is 351 g/mol. The van der Waals surface area contributed by atoms with Crippen molar-refractivity contribution in [3.05, 3.63) is 69.5 Å². The average Bonchev–Trinajstić information content (AvgIpc) is 3.33. The largest absolute Gasteiger partial charge is 0.295 e. The Kier molecular flexibility index (Phi) is 4.27. The Hall–Kier alpha value is -2.98. The van der Waals surface area contributed by atoms with Crippen LogP contribution in [0.25, 0.3) is 5.65 Å². The summed E-state index contributed by atoms with van der Waals surface area (Å²) in [4.78, 5) is 18.9. The molecule has 0 radical (unpaired) electrons. The van der Waals surface area contributed by atoms with Crippen molar-refractivity contribution in [2.75, 3.05) is 6.54 Å². The fourth-order valence-corrected chi connectivity index (χ4v) is 3.14. The molecule has 1 aliphatic carbocycles. The highest BCUT2D eigenvalue weighted by atomic mass is 19.1. The third kappa shape index (κ3) is 3.37. The van der Waals surface area contributed by atoms with Gasteiger partial charge in [-0.05, 0) is 24.8 Å². The van der Waals surface area contributed by atoms with Crippen LogP contribution in [0, 0.1) is 23.1 Å². The lowest BCUT2D eigenvalue weighted by atomic mass is 10.2. The van der Waals surface area contributed by atoms with Gasteiger partial charge in [-0.2, -0.15) is 5.26 Å². The minimum absolute atomic E-state index is 0.228. The molecule has 0 atom stereocenters. The molecule has 1 aliphatic rings. The zero-order valence-corrected chi connectivity index (χ0v) is 14.2. The second-order valence-electron chi connectivity index (χ2n) is 6.75. The number of aromatic amines is 1. The minimum Gasteiger partial charge on any atom is -0.295 e. The Morgan fingerprint density at radius 3 is 2.88 bits per heavy atom. The van der Waals surface area contributed by atoms with E-state index in [-0.39, 0.29) is 11.4 Å². The summed E-state index contributed by atoms with van der Waals surface area (Å²) in [6, 6.07) is 10.2. The van der Waals surface area contributed by atoms with Gasteiger partial charge in [0, 0.05) is 37.5 Å². The van der Waals surface area contributed by atoms with E-state index in [2.05, 4.69) is 15.0 Å². The van der Waals surface area contributed by atoms with Crippen LogP contribution in [-0.4, -0.2) is 26.0 Å². The van der Waals surface area contributed by atoms with Crippen molar-refractivity contribution >= 4 is 5.65 Å². The molecule has 0 unspecified atom stereocenters. The first-order valence-corrected chi connectivity index (χ1v) is 8.60. The molecule has 0 bridgehead atoms. The predicted molar refractivity (Wildman–Crippen MR) is 93.8 cm³/mol. The van der Waals surface area contributed by atoms with E-state index in [0.717, 1.165) is 6.54 Å². The van der Waals surface area contributed by atoms with E-state index >= 15 is 0 Å². The lowest BCUT2D eigenvalue weighted by Crippen LogP contribution is -2.27. The molecule has 0 amide bonds. The third-order valence-corrected chi connectivity index (χ3v) is 4.62. The first-order valence-electron chi connectivity index (χ1n) is 8.60. The highest BCUT2D eigenvalue weighted by Crippen LogP contribution is 2.30. The average molecular weight is 351 g/mol. The number of hydrogen-bond acceptors (Lipinski definition) is 4. The number of benzene rings is 1. The lowest BCUT2D eigenvalue weighted by molar-refractivity contribution is 0.239. The second kappa shape index (κ2) is 6.73. The number of nitrogens with zero attached hydrogens (tertiary/aromatic N) is 4. The molecule has 132 valence electrons. The lowest BCUT2D eigenvalue weighted by Gasteiger charge is -2.22. The van der Waals surface area contributed by atoms with Crippen LogP contribution in [0.4, 0.5) is 4.39 Å². The highest BCUT2D eigenvalue weighted by Gasteiger charge is 2.25. The summed E-state index contributed by atoms with van der Waals surface area (Å²) < 4.78 is 15.3. The predicted octanol–water partition coefficient (Wildman–Crippen LogP) is 2.45. The molecule has 4 rings (SSSR count). The Bertz CT molecular complexity index is 1040. The summed E-state index contributed by atoms with van der Waals surface area (Å²) in [5, 5.41) is 11.9. The van der Waals surface area contributed by atoms with Crippen LogP contribution in [0.1, 0.15) is 29.7 Å². The van der Waals surface area contributed by atoms with Crippen LogP contribution in [-0.2, 0) is 13.1 Å². The molecule has 0 aliphatic heterocycles. The number of nitriles is 1. The Morgan fingerprint density at radius 1 is 1.35 bits per heavy atom. The first kappa shape index (κ1) is 16.5. The van der Waals surface area contributed by atoms with Gasteiger partial charge in [0.2, 0.25) is 0 Å². The summed E-state index contributed by atoms with van der Waals surface area (Å²) in [6.45, 7) is 1.74. The van der Waals surface area contributed by atoms with E-state index in [1.54, 1.807) is 12.1 Å². The van der Waals surface area contributed by atoms with E-state index < -0.39 is 0 Å². The molecule has 1 fully saturated rings. The molecule has 7 heteroatoms. The number of rotatable bonds is 6. The van der Waals surface area contributed by atoms with Crippen molar-refractivity contribution in [1.29, 1.82) is 5.26 Å². The van der Waals surface area contributed by atoms with Gasteiger partial charge in [0.25, 0.3) is 5.56 Å². The fourth-order valence-electron chi connectivity index (χ4n) is 3.14. The summed E-state index contributed by atoms with van der Waals surface area (Å²) in [5.74, 6) is 0.391. The Morgan fingerprint density at radius 2 is 2.15 bits per heavy atom. The molecule has 1 saturated carbocycles. The molecule has 3 aromatic rings. The molecule has 26 heavy (non-hydrogen) atoms. The number of aromatic nitrogens is 3. The van der Waals surface area contributed by atoms with Gasteiger partial charge < -0.3 is 0 Å². The smallest absolute Gasteiger partial charge is 0.272 e. The molecule has 6 nitrogen and oxygen atoms in total. The van der Waals surface area contributed by atoms with E-state index in [0.29, 0.717) is 41.5 Å². The zero-order chi connectivity index (χ0) is 18.1.